The van der Waals surface area contributed by atoms with E-state index < -0.39 is 0 Å². The Bertz CT molecular complexity index is 1790. The molecular formula is C29H24FN7O. The van der Waals surface area contributed by atoms with Gasteiger partial charge in [0.15, 0.2) is 5.82 Å². The third-order valence-corrected chi connectivity index (χ3v) is 6.25. The number of hydrogen-bond acceptors (Lipinski definition) is 5. The van der Waals surface area contributed by atoms with E-state index in [1.807, 2.05) is 44.2 Å². The lowest BCUT2D eigenvalue weighted by molar-refractivity contribution is -0.116. The molecule has 0 unspecified atom stereocenters. The predicted octanol–water partition coefficient (Wildman–Crippen LogP) is 6.35. The summed E-state index contributed by atoms with van der Waals surface area (Å²) in [6.45, 7) is 4.02. The largest absolute Gasteiger partial charge is 0.336 e. The van der Waals surface area contributed by atoms with Crippen molar-refractivity contribution < 1.29 is 9.18 Å². The summed E-state index contributed by atoms with van der Waals surface area (Å²) in [5.41, 5.74) is 6.88. The number of aromatic nitrogens is 6. The van der Waals surface area contributed by atoms with Crippen LogP contribution in [0.25, 0.3) is 55.8 Å². The Morgan fingerprint density at radius 2 is 1.76 bits per heavy atom. The zero-order valence-corrected chi connectivity index (χ0v) is 20.8. The summed E-state index contributed by atoms with van der Waals surface area (Å²) in [6, 6.07) is 15.9. The zero-order valence-electron chi connectivity index (χ0n) is 20.8. The van der Waals surface area contributed by atoms with Crippen LogP contribution in [0.5, 0.6) is 0 Å². The second-order valence-corrected chi connectivity index (χ2v) is 9.59. The van der Waals surface area contributed by atoms with Gasteiger partial charge in [0.05, 0.1) is 28.6 Å². The molecule has 0 fully saturated rings. The van der Waals surface area contributed by atoms with Gasteiger partial charge in [0.25, 0.3) is 0 Å². The van der Waals surface area contributed by atoms with Gasteiger partial charge < -0.3 is 10.3 Å². The first-order valence-corrected chi connectivity index (χ1v) is 12.3. The highest BCUT2D eigenvalue weighted by Gasteiger charge is 2.17. The molecule has 0 atom stereocenters. The van der Waals surface area contributed by atoms with Crippen LogP contribution in [0.4, 0.5) is 10.1 Å². The summed E-state index contributed by atoms with van der Waals surface area (Å²) in [5.74, 6) is 0.522. The monoisotopic (exact) mass is 505 g/mol. The molecule has 38 heavy (non-hydrogen) atoms. The van der Waals surface area contributed by atoms with Crippen molar-refractivity contribution in [3.63, 3.8) is 0 Å². The summed E-state index contributed by atoms with van der Waals surface area (Å²) >= 11 is 0. The maximum absolute atomic E-state index is 13.5. The van der Waals surface area contributed by atoms with E-state index in [-0.39, 0.29) is 17.6 Å². The van der Waals surface area contributed by atoms with Crippen molar-refractivity contribution in [1.29, 1.82) is 0 Å². The van der Waals surface area contributed by atoms with Crippen molar-refractivity contribution in [1.82, 2.24) is 30.1 Å². The van der Waals surface area contributed by atoms with Crippen LogP contribution in [-0.4, -0.2) is 36.0 Å². The van der Waals surface area contributed by atoms with Gasteiger partial charge in [-0.3, -0.25) is 19.9 Å². The average Bonchev–Trinajstić information content (AvgIpc) is 3.52. The number of H-pyrrole nitrogens is 2. The summed E-state index contributed by atoms with van der Waals surface area (Å²) in [6.07, 6.45) is 5.56. The number of pyridine rings is 2. The van der Waals surface area contributed by atoms with Crippen LogP contribution in [-0.2, 0) is 4.79 Å². The maximum atomic E-state index is 13.5. The number of halogens is 1. The first-order valence-electron chi connectivity index (χ1n) is 12.3. The number of imidazole rings is 1. The highest BCUT2D eigenvalue weighted by Crippen LogP contribution is 2.32. The number of amides is 1. The van der Waals surface area contributed by atoms with Crippen LogP contribution >= 0.6 is 0 Å². The van der Waals surface area contributed by atoms with Crippen molar-refractivity contribution in [3.8, 4) is 33.9 Å². The van der Waals surface area contributed by atoms with Crippen molar-refractivity contribution in [2.24, 2.45) is 5.92 Å². The molecule has 2 aromatic carbocycles. The Labute approximate surface area is 217 Å². The number of carbonyl (C=O) groups is 1. The molecule has 1 amide bonds. The van der Waals surface area contributed by atoms with Crippen LogP contribution in [0.15, 0.2) is 73.2 Å². The van der Waals surface area contributed by atoms with Gasteiger partial charge in [0, 0.05) is 35.3 Å². The number of nitrogens with zero attached hydrogens (tertiary/aromatic N) is 4. The summed E-state index contributed by atoms with van der Waals surface area (Å²) in [4.78, 5) is 29.2. The number of aromatic amines is 2. The Morgan fingerprint density at radius 1 is 0.947 bits per heavy atom. The highest BCUT2D eigenvalue weighted by molar-refractivity contribution is 5.98. The van der Waals surface area contributed by atoms with Gasteiger partial charge in [-0.15, -0.1) is 0 Å². The molecule has 0 radical (unpaired) electrons. The molecule has 0 spiro atoms. The normalized spacial score (nSPS) is 11.5. The maximum Gasteiger partial charge on any atom is 0.224 e. The Balaban J connectivity index is 1.38. The molecule has 9 heteroatoms. The Hall–Kier alpha value is -4.92. The van der Waals surface area contributed by atoms with Crippen LogP contribution in [0.1, 0.15) is 20.3 Å². The zero-order chi connectivity index (χ0) is 26.2. The quantitative estimate of drug-likeness (QED) is 0.244. The fraction of sp³-hybridized carbons (Fsp3) is 0.138. The number of rotatable bonds is 6. The number of hydrogen-bond donors (Lipinski definition) is 3. The summed E-state index contributed by atoms with van der Waals surface area (Å²) in [7, 11) is 0. The number of fused-ring (bicyclic) bond motifs is 2. The predicted molar refractivity (Wildman–Crippen MR) is 146 cm³/mol. The van der Waals surface area contributed by atoms with E-state index in [0.717, 1.165) is 33.1 Å². The summed E-state index contributed by atoms with van der Waals surface area (Å²) in [5, 5.41) is 11.4. The number of anilines is 1. The first-order chi connectivity index (χ1) is 18.4. The second-order valence-electron chi connectivity index (χ2n) is 9.59. The Morgan fingerprint density at radius 3 is 2.58 bits per heavy atom. The molecule has 6 aromatic rings. The minimum Gasteiger partial charge on any atom is -0.336 e. The van der Waals surface area contributed by atoms with E-state index in [9.17, 15) is 9.18 Å². The number of nitrogens with one attached hydrogen (secondary N) is 3. The van der Waals surface area contributed by atoms with Crippen LogP contribution < -0.4 is 5.32 Å². The molecule has 188 valence electrons. The molecular weight excluding hydrogens is 481 g/mol. The second kappa shape index (κ2) is 9.51. The van der Waals surface area contributed by atoms with Gasteiger partial charge >= 0.3 is 0 Å². The molecule has 4 aromatic heterocycles. The fourth-order valence-electron chi connectivity index (χ4n) is 4.49. The number of benzene rings is 2. The SMILES string of the molecule is CC(C)CC(=O)Nc1cncc(-c2ccc3[nH]nc(-c4nc5c(-c6ccc(F)cc6)nccc5[nH]4)c3c2)c1. The van der Waals surface area contributed by atoms with Crippen LogP contribution in [0.2, 0.25) is 0 Å². The van der Waals surface area contributed by atoms with Gasteiger partial charge in [-0.1, -0.05) is 19.9 Å². The van der Waals surface area contributed by atoms with Crippen LogP contribution in [0, 0.1) is 11.7 Å². The molecule has 0 bridgehead atoms. The van der Waals surface area contributed by atoms with E-state index in [2.05, 4.69) is 30.5 Å². The summed E-state index contributed by atoms with van der Waals surface area (Å²) < 4.78 is 13.5. The van der Waals surface area contributed by atoms with Gasteiger partial charge in [-0.05, 0) is 60.0 Å². The fourth-order valence-corrected chi connectivity index (χ4v) is 4.49. The van der Waals surface area contributed by atoms with E-state index in [1.54, 1.807) is 30.7 Å². The molecule has 0 saturated carbocycles. The molecule has 0 aliphatic carbocycles. The molecule has 4 heterocycles. The minimum absolute atomic E-state index is 0.0362. The van der Waals surface area contributed by atoms with Gasteiger partial charge in [0.1, 0.15) is 17.0 Å². The minimum atomic E-state index is -0.305. The smallest absolute Gasteiger partial charge is 0.224 e. The average molecular weight is 506 g/mol. The lowest BCUT2D eigenvalue weighted by Gasteiger charge is -2.09. The van der Waals surface area contributed by atoms with Gasteiger partial charge in [-0.2, -0.15) is 5.10 Å². The third-order valence-electron chi connectivity index (χ3n) is 6.25. The molecule has 6 rings (SSSR count). The van der Waals surface area contributed by atoms with Gasteiger partial charge in [0.2, 0.25) is 5.91 Å². The van der Waals surface area contributed by atoms with E-state index in [0.29, 0.717) is 34.8 Å². The van der Waals surface area contributed by atoms with E-state index in [1.165, 1.54) is 12.1 Å². The molecule has 0 aliphatic heterocycles. The highest BCUT2D eigenvalue weighted by atomic mass is 19.1. The first kappa shape index (κ1) is 23.5. The van der Waals surface area contributed by atoms with Crippen molar-refractivity contribution in [2.75, 3.05) is 5.32 Å². The molecule has 3 N–H and O–H groups in total. The molecule has 8 nitrogen and oxygen atoms in total. The van der Waals surface area contributed by atoms with Crippen molar-refractivity contribution in [3.05, 3.63) is 79.0 Å². The topological polar surface area (TPSA) is 112 Å². The van der Waals surface area contributed by atoms with E-state index in [4.69, 9.17) is 4.98 Å². The van der Waals surface area contributed by atoms with Gasteiger partial charge in [-0.25, -0.2) is 9.37 Å². The Kier molecular flexibility index (Phi) is 5.88. The van der Waals surface area contributed by atoms with Crippen LogP contribution in [0.3, 0.4) is 0 Å². The van der Waals surface area contributed by atoms with Crippen molar-refractivity contribution in [2.45, 2.75) is 20.3 Å². The lowest BCUT2D eigenvalue weighted by atomic mass is 10.0. The van der Waals surface area contributed by atoms with Crippen molar-refractivity contribution >= 4 is 33.5 Å². The third kappa shape index (κ3) is 4.50. The molecule has 0 aliphatic rings. The molecule has 0 saturated heterocycles. The number of carbonyl (C=O) groups excluding carboxylic acids is 1. The standard InChI is InChI=1S/C29H24FN7O/c1-16(2)11-25(38)33-21-12-19(14-31-15-21)18-5-8-23-22(13-18)27(37-36-23)29-34-24-9-10-32-26(28(24)35-29)17-3-6-20(30)7-4-17/h3-10,12-16H,11H2,1-2H3,(H,33,38)(H,34,35)(H,36,37). The lowest BCUT2D eigenvalue weighted by Crippen LogP contribution is -2.13. The van der Waals surface area contributed by atoms with E-state index >= 15 is 0 Å².